The van der Waals surface area contributed by atoms with Crippen LogP contribution in [0.4, 0.5) is 0 Å². The minimum atomic E-state index is 0. The Labute approximate surface area is 96.0 Å². The van der Waals surface area contributed by atoms with Crippen molar-refractivity contribution in [2.45, 2.75) is 19.3 Å². The molecule has 3 heteroatoms. The summed E-state index contributed by atoms with van der Waals surface area (Å²) in [5.41, 5.74) is 0. The largest absolute Gasteiger partial charge is 1.00 e. The Morgan fingerprint density at radius 3 is 1.50 bits per heavy atom. The van der Waals surface area contributed by atoms with E-state index in [0.29, 0.717) is 0 Å². The normalized spacial score (nSPS) is 18.0. The summed E-state index contributed by atoms with van der Waals surface area (Å²) >= 11 is 0. The minimum absolute atomic E-state index is 0. The molecular formula is C5H15BKN. The first-order valence-corrected chi connectivity index (χ1v) is 2.71. The first-order valence-electron chi connectivity index (χ1n) is 2.71. The SMILES string of the molecule is C1CCNCC1.[BH4-].[K+]. The molecular weight excluding hydrogens is 124 g/mol. The number of piperidine rings is 1. The third kappa shape index (κ3) is 5.79. The van der Waals surface area contributed by atoms with Gasteiger partial charge in [0.25, 0.3) is 0 Å². The van der Waals surface area contributed by atoms with Crippen LogP contribution in [0.5, 0.6) is 0 Å². The maximum absolute atomic E-state index is 3.28. The Hall–Kier alpha value is 1.66. The van der Waals surface area contributed by atoms with Crippen LogP contribution in [0.3, 0.4) is 0 Å². The van der Waals surface area contributed by atoms with Gasteiger partial charge in [-0.2, -0.15) is 0 Å². The molecule has 0 aromatic carbocycles. The van der Waals surface area contributed by atoms with Crippen LogP contribution in [0.25, 0.3) is 0 Å². The van der Waals surface area contributed by atoms with Crippen LogP contribution in [-0.4, -0.2) is 21.5 Å². The summed E-state index contributed by atoms with van der Waals surface area (Å²) in [4.78, 5) is 0. The molecule has 44 valence electrons. The average Bonchev–Trinajstić information content (AvgIpc) is 1.72. The monoisotopic (exact) mass is 139 g/mol. The second-order valence-electron chi connectivity index (χ2n) is 1.81. The van der Waals surface area contributed by atoms with E-state index in [9.17, 15) is 0 Å². The van der Waals surface area contributed by atoms with E-state index in [2.05, 4.69) is 5.32 Å². The van der Waals surface area contributed by atoms with Crippen molar-refractivity contribution in [2.75, 3.05) is 13.1 Å². The zero-order chi connectivity index (χ0) is 4.24. The quantitative estimate of drug-likeness (QED) is 0.341. The van der Waals surface area contributed by atoms with Gasteiger partial charge in [0.1, 0.15) is 0 Å². The van der Waals surface area contributed by atoms with E-state index in [1.165, 1.54) is 32.4 Å². The van der Waals surface area contributed by atoms with Crippen molar-refractivity contribution in [2.24, 2.45) is 0 Å². The molecule has 0 unspecified atom stereocenters. The minimum Gasteiger partial charge on any atom is -0.317 e. The van der Waals surface area contributed by atoms with Crippen molar-refractivity contribution < 1.29 is 51.4 Å². The summed E-state index contributed by atoms with van der Waals surface area (Å²) < 4.78 is 0. The molecule has 1 nitrogen and oxygen atoms in total. The fraction of sp³-hybridized carbons (Fsp3) is 1.00. The van der Waals surface area contributed by atoms with E-state index in [4.69, 9.17) is 0 Å². The molecule has 1 N–H and O–H groups in total. The topological polar surface area (TPSA) is 12.0 Å². The van der Waals surface area contributed by atoms with Crippen LogP contribution < -0.4 is 56.7 Å². The Morgan fingerprint density at radius 2 is 1.38 bits per heavy atom. The molecule has 8 heavy (non-hydrogen) atoms. The molecule has 0 saturated carbocycles. The average molecular weight is 139 g/mol. The first kappa shape index (κ1) is 12.3. The molecule has 0 aliphatic carbocycles. The summed E-state index contributed by atoms with van der Waals surface area (Å²) in [5, 5.41) is 3.28. The third-order valence-corrected chi connectivity index (χ3v) is 1.21. The smallest absolute Gasteiger partial charge is 0.317 e. The van der Waals surface area contributed by atoms with Crippen molar-refractivity contribution >= 4 is 8.41 Å². The molecule has 0 radical (unpaired) electrons. The summed E-state index contributed by atoms with van der Waals surface area (Å²) in [5.74, 6) is 0. The molecule has 0 aromatic heterocycles. The van der Waals surface area contributed by atoms with E-state index in [1.54, 1.807) is 0 Å². The van der Waals surface area contributed by atoms with Gasteiger partial charge in [-0.1, -0.05) is 14.8 Å². The second kappa shape index (κ2) is 8.66. The predicted molar refractivity (Wildman–Crippen MR) is 38.1 cm³/mol. The van der Waals surface area contributed by atoms with E-state index >= 15 is 0 Å². The van der Waals surface area contributed by atoms with Crippen molar-refractivity contribution in [3.8, 4) is 0 Å². The van der Waals surface area contributed by atoms with Gasteiger partial charge < -0.3 is 5.32 Å². The fourth-order valence-corrected chi connectivity index (χ4v) is 0.802. The van der Waals surface area contributed by atoms with E-state index in [-0.39, 0.29) is 59.8 Å². The molecule has 1 saturated heterocycles. The zero-order valence-electron chi connectivity index (χ0n) is 5.04. The Balaban J connectivity index is 0. The van der Waals surface area contributed by atoms with Crippen LogP contribution in [0.2, 0.25) is 0 Å². The maximum Gasteiger partial charge on any atom is 1.00 e. The fourth-order valence-electron chi connectivity index (χ4n) is 0.802. The Morgan fingerprint density at radius 1 is 0.875 bits per heavy atom. The van der Waals surface area contributed by atoms with Gasteiger partial charge in [-0.25, -0.2) is 0 Å². The van der Waals surface area contributed by atoms with Gasteiger partial charge in [0.05, 0.1) is 0 Å². The van der Waals surface area contributed by atoms with Crippen LogP contribution in [0.1, 0.15) is 19.3 Å². The van der Waals surface area contributed by atoms with E-state index in [0.717, 1.165) is 0 Å². The summed E-state index contributed by atoms with van der Waals surface area (Å²) in [7, 11) is 0. The van der Waals surface area contributed by atoms with Crippen molar-refractivity contribution in [3.63, 3.8) is 0 Å². The summed E-state index contributed by atoms with van der Waals surface area (Å²) in [6.45, 7) is 2.50. The van der Waals surface area contributed by atoms with Gasteiger partial charge in [0.2, 0.25) is 0 Å². The number of hydrogen-bond donors (Lipinski definition) is 1. The van der Waals surface area contributed by atoms with Crippen molar-refractivity contribution in [3.05, 3.63) is 0 Å². The van der Waals surface area contributed by atoms with Crippen molar-refractivity contribution in [1.82, 2.24) is 5.32 Å². The molecule has 0 aromatic rings. The van der Waals surface area contributed by atoms with E-state index in [1.807, 2.05) is 0 Å². The number of nitrogens with one attached hydrogen (secondary N) is 1. The molecule has 0 spiro atoms. The first-order chi connectivity index (χ1) is 3.00. The van der Waals surface area contributed by atoms with Gasteiger partial charge in [-0.3, -0.25) is 0 Å². The molecule has 0 amide bonds. The number of rotatable bonds is 0. The molecule has 0 atom stereocenters. The van der Waals surface area contributed by atoms with Gasteiger partial charge >= 0.3 is 51.4 Å². The molecule has 1 aliphatic heterocycles. The van der Waals surface area contributed by atoms with Gasteiger partial charge in [0, 0.05) is 0 Å². The zero-order valence-corrected chi connectivity index (χ0v) is 8.16. The molecule has 1 aliphatic rings. The molecule has 1 fully saturated rings. The second-order valence-corrected chi connectivity index (χ2v) is 1.81. The predicted octanol–water partition coefficient (Wildman–Crippen LogP) is -3.69. The molecule has 1 heterocycles. The van der Waals surface area contributed by atoms with Gasteiger partial charge in [-0.05, 0) is 25.9 Å². The van der Waals surface area contributed by atoms with Gasteiger partial charge in [0.15, 0.2) is 0 Å². The number of hydrogen-bond acceptors (Lipinski definition) is 1. The molecule has 1 rings (SSSR count). The Bertz CT molecular complexity index is 27.9. The summed E-state index contributed by atoms with van der Waals surface area (Å²) in [6.07, 6.45) is 4.22. The van der Waals surface area contributed by atoms with Crippen LogP contribution >= 0.6 is 0 Å². The van der Waals surface area contributed by atoms with Crippen molar-refractivity contribution in [1.29, 1.82) is 0 Å². The van der Waals surface area contributed by atoms with Crippen LogP contribution in [-0.2, 0) is 0 Å². The summed E-state index contributed by atoms with van der Waals surface area (Å²) in [6, 6.07) is 0. The van der Waals surface area contributed by atoms with Crippen LogP contribution in [0.15, 0.2) is 0 Å². The van der Waals surface area contributed by atoms with Crippen LogP contribution in [0, 0.1) is 0 Å². The standard InChI is InChI=1S/C5H11N.BH4.K/c1-2-4-6-5-3-1;;/h6H,1-5H2;1H4;/q;-1;+1. The van der Waals surface area contributed by atoms with Gasteiger partial charge in [-0.15, -0.1) is 0 Å². The third-order valence-electron chi connectivity index (χ3n) is 1.21. The Kier molecular flexibility index (Phi) is 13.4. The van der Waals surface area contributed by atoms with E-state index < -0.39 is 0 Å². The molecule has 0 bridgehead atoms. The maximum atomic E-state index is 3.28.